The summed E-state index contributed by atoms with van der Waals surface area (Å²) < 4.78 is 0. The highest BCUT2D eigenvalue weighted by Gasteiger charge is 2.35. The molecule has 3 N–H and O–H groups in total. The highest BCUT2D eigenvalue weighted by Crippen LogP contribution is 2.31. The van der Waals surface area contributed by atoms with Gasteiger partial charge in [0.05, 0.1) is 18.2 Å². The SMILES string of the molecule is Cc1n[nH]c(C)c1CC(=O)N[C@H](Cc1ccccn1)C1CC(O)C1. The molecule has 0 aromatic carbocycles. The lowest BCUT2D eigenvalue weighted by molar-refractivity contribution is -0.122. The monoisotopic (exact) mass is 328 g/mol. The number of H-pyrrole nitrogens is 1. The van der Waals surface area contributed by atoms with Crippen molar-refractivity contribution >= 4 is 5.91 Å². The number of aromatic amines is 1. The fraction of sp³-hybridized carbons (Fsp3) is 0.500. The molecular weight excluding hydrogens is 304 g/mol. The number of carbonyl (C=O) groups excluding carboxylic acids is 1. The number of aliphatic hydroxyl groups is 1. The fourth-order valence-electron chi connectivity index (χ4n) is 3.29. The Kier molecular flexibility index (Phi) is 4.94. The molecule has 0 unspecified atom stereocenters. The molecule has 6 heteroatoms. The molecular formula is C18H24N4O2. The quantitative estimate of drug-likeness (QED) is 0.749. The van der Waals surface area contributed by atoms with Gasteiger partial charge < -0.3 is 10.4 Å². The first-order chi connectivity index (χ1) is 11.5. The summed E-state index contributed by atoms with van der Waals surface area (Å²) in [5.74, 6) is 0.294. The minimum atomic E-state index is -0.239. The number of hydrogen-bond acceptors (Lipinski definition) is 4. The molecule has 2 aromatic heterocycles. The topological polar surface area (TPSA) is 90.9 Å². The molecule has 1 atom stereocenters. The van der Waals surface area contributed by atoms with Crippen molar-refractivity contribution in [2.24, 2.45) is 5.92 Å². The van der Waals surface area contributed by atoms with Gasteiger partial charge in [-0.25, -0.2) is 0 Å². The second-order valence-electron chi connectivity index (χ2n) is 6.67. The minimum absolute atomic E-state index is 0.00307. The molecule has 0 radical (unpaired) electrons. The zero-order valence-electron chi connectivity index (χ0n) is 14.1. The van der Waals surface area contributed by atoms with Gasteiger partial charge in [-0.05, 0) is 44.7 Å². The number of nitrogens with zero attached hydrogens (tertiary/aromatic N) is 2. The Labute approximate surface area is 141 Å². The van der Waals surface area contributed by atoms with E-state index in [2.05, 4.69) is 20.5 Å². The van der Waals surface area contributed by atoms with Crippen LogP contribution >= 0.6 is 0 Å². The van der Waals surface area contributed by atoms with E-state index >= 15 is 0 Å². The average Bonchev–Trinajstić information content (AvgIpc) is 2.84. The number of aryl methyl sites for hydroxylation is 2. The molecule has 0 saturated heterocycles. The van der Waals surface area contributed by atoms with E-state index in [1.807, 2.05) is 32.0 Å². The van der Waals surface area contributed by atoms with Crippen molar-refractivity contribution < 1.29 is 9.90 Å². The molecule has 1 saturated carbocycles. The molecule has 3 rings (SSSR count). The third-order valence-electron chi connectivity index (χ3n) is 4.84. The van der Waals surface area contributed by atoms with Crippen molar-refractivity contribution in [3.8, 4) is 0 Å². The normalized spacial score (nSPS) is 21.1. The first-order valence-electron chi connectivity index (χ1n) is 8.40. The van der Waals surface area contributed by atoms with Crippen LogP contribution in [0.4, 0.5) is 0 Å². The van der Waals surface area contributed by atoms with Gasteiger partial charge >= 0.3 is 0 Å². The molecule has 1 amide bonds. The first-order valence-corrected chi connectivity index (χ1v) is 8.40. The van der Waals surface area contributed by atoms with E-state index in [0.29, 0.717) is 18.8 Å². The number of aliphatic hydroxyl groups excluding tert-OH is 1. The van der Waals surface area contributed by atoms with Crippen LogP contribution in [0.25, 0.3) is 0 Å². The van der Waals surface area contributed by atoms with Crippen LogP contribution in [-0.4, -0.2) is 38.3 Å². The van der Waals surface area contributed by atoms with Crippen molar-refractivity contribution in [1.29, 1.82) is 0 Å². The van der Waals surface area contributed by atoms with Gasteiger partial charge in [-0.15, -0.1) is 0 Å². The fourth-order valence-corrected chi connectivity index (χ4v) is 3.29. The smallest absolute Gasteiger partial charge is 0.224 e. The van der Waals surface area contributed by atoms with E-state index < -0.39 is 0 Å². The molecule has 1 aliphatic rings. The van der Waals surface area contributed by atoms with E-state index in [0.717, 1.165) is 35.5 Å². The lowest BCUT2D eigenvalue weighted by atomic mass is 9.76. The summed E-state index contributed by atoms with van der Waals surface area (Å²) in [4.78, 5) is 16.9. The number of aromatic nitrogens is 3. The molecule has 0 aliphatic heterocycles. The lowest BCUT2D eigenvalue weighted by Crippen LogP contribution is -2.48. The molecule has 128 valence electrons. The molecule has 1 fully saturated rings. The summed E-state index contributed by atoms with van der Waals surface area (Å²) in [6.07, 6.45) is 4.01. The van der Waals surface area contributed by atoms with Gasteiger partial charge in [-0.2, -0.15) is 5.10 Å². The van der Waals surface area contributed by atoms with E-state index in [9.17, 15) is 9.90 Å². The number of rotatable bonds is 6. The Hall–Kier alpha value is -2.21. The summed E-state index contributed by atoms with van der Waals surface area (Å²) in [5.41, 5.74) is 3.71. The van der Waals surface area contributed by atoms with Crippen LogP contribution in [0.5, 0.6) is 0 Å². The zero-order valence-corrected chi connectivity index (χ0v) is 14.1. The van der Waals surface area contributed by atoms with Gasteiger partial charge in [0.2, 0.25) is 5.91 Å². The van der Waals surface area contributed by atoms with Crippen LogP contribution in [0.15, 0.2) is 24.4 Å². The van der Waals surface area contributed by atoms with Crippen molar-refractivity contribution in [2.45, 2.75) is 51.7 Å². The Morgan fingerprint density at radius 2 is 2.21 bits per heavy atom. The standard InChI is InChI=1S/C18H24N4O2/c1-11-16(12(2)22-21-11)10-18(24)20-17(13-7-15(23)8-13)9-14-5-3-4-6-19-14/h3-6,13,15,17,23H,7-10H2,1-2H3,(H,20,24)(H,21,22)/t13?,15?,17-/m1/s1. The van der Waals surface area contributed by atoms with Crippen LogP contribution in [0.3, 0.4) is 0 Å². The lowest BCUT2D eigenvalue weighted by Gasteiger charge is -2.38. The number of amides is 1. The maximum absolute atomic E-state index is 12.5. The Balaban J connectivity index is 1.66. The van der Waals surface area contributed by atoms with Crippen molar-refractivity contribution in [3.05, 3.63) is 47.0 Å². The summed E-state index contributed by atoms with van der Waals surface area (Å²) in [7, 11) is 0. The third kappa shape index (κ3) is 3.82. The molecule has 6 nitrogen and oxygen atoms in total. The average molecular weight is 328 g/mol. The molecule has 1 aliphatic carbocycles. The van der Waals surface area contributed by atoms with Gasteiger partial charge in [-0.1, -0.05) is 6.07 Å². The maximum atomic E-state index is 12.5. The summed E-state index contributed by atoms with van der Waals surface area (Å²) in [6.45, 7) is 3.83. The van der Waals surface area contributed by atoms with Gasteiger partial charge in [0.15, 0.2) is 0 Å². The second kappa shape index (κ2) is 7.13. The predicted molar refractivity (Wildman–Crippen MR) is 90.4 cm³/mol. The van der Waals surface area contributed by atoms with Crippen LogP contribution in [0.1, 0.15) is 35.5 Å². The van der Waals surface area contributed by atoms with E-state index in [1.165, 1.54) is 0 Å². The van der Waals surface area contributed by atoms with Crippen LogP contribution < -0.4 is 5.32 Å². The van der Waals surface area contributed by atoms with Gasteiger partial charge in [-0.3, -0.25) is 14.9 Å². The van der Waals surface area contributed by atoms with Crippen LogP contribution in [0.2, 0.25) is 0 Å². The summed E-state index contributed by atoms with van der Waals surface area (Å²) in [5, 5.41) is 19.8. The second-order valence-corrected chi connectivity index (χ2v) is 6.67. The van der Waals surface area contributed by atoms with Crippen LogP contribution in [0, 0.1) is 19.8 Å². The largest absolute Gasteiger partial charge is 0.393 e. The molecule has 0 spiro atoms. The first kappa shape index (κ1) is 16.6. The number of hydrogen-bond donors (Lipinski definition) is 3. The Bertz CT molecular complexity index is 673. The molecule has 0 bridgehead atoms. The van der Waals surface area contributed by atoms with E-state index in [1.54, 1.807) is 6.20 Å². The number of nitrogens with one attached hydrogen (secondary N) is 2. The highest BCUT2D eigenvalue weighted by atomic mass is 16.3. The van der Waals surface area contributed by atoms with Gasteiger partial charge in [0, 0.05) is 35.6 Å². The summed E-state index contributed by atoms with van der Waals surface area (Å²) >= 11 is 0. The van der Waals surface area contributed by atoms with E-state index in [-0.39, 0.29) is 18.1 Å². The van der Waals surface area contributed by atoms with Gasteiger partial charge in [0.1, 0.15) is 0 Å². The van der Waals surface area contributed by atoms with Gasteiger partial charge in [0.25, 0.3) is 0 Å². The van der Waals surface area contributed by atoms with Crippen molar-refractivity contribution in [1.82, 2.24) is 20.5 Å². The highest BCUT2D eigenvalue weighted by molar-refractivity contribution is 5.79. The van der Waals surface area contributed by atoms with Crippen LogP contribution in [-0.2, 0) is 17.6 Å². The Morgan fingerprint density at radius 3 is 2.79 bits per heavy atom. The Morgan fingerprint density at radius 1 is 1.42 bits per heavy atom. The minimum Gasteiger partial charge on any atom is -0.393 e. The van der Waals surface area contributed by atoms with Crippen molar-refractivity contribution in [3.63, 3.8) is 0 Å². The number of pyridine rings is 1. The molecule has 24 heavy (non-hydrogen) atoms. The van der Waals surface area contributed by atoms with E-state index in [4.69, 9.17) is 0 Å². The van der Waals surface area contributed by atoms with Crippen molar-refractivity contribution in [2.75, 3.05) is 0 Å². The molecule has 2 heterocycles. The zero-order chi connectivity index (χ0) is 17.1. The molecule has 2 aromatic rings. The maximum Gasteiger partial charge on any atom is 0.224 e. The third-order valence-corrected chi connectivity index (χ3v) is 4.84. The summed E-state index contributed by atoms with van der Waals surface area (Å²) in [6, 6.07) is 5.81. The number of carbonyl (C=O) groups is 1. The predicted octanol–water partition coefficient (Wildman–Crippen LogP) is 1.46.